The molecule has 0 fully saturated rings. The molecule has 1 aromatic rings. The van der Waals surface area contributed by atoms with Crippen LogP contribution in [-0.4, -0.2) is 28.3 Å². The maximum atomic E-state index is 12.5. The maximum absolute atomic E-state index is 12.5. The van der Waals surface area contributed by atoms with Gasteiger partial charge in [0.05, 0.1) is 16.1 Å². The van der Waals surface area contributed by atoms with Crippen LogP contribution in [0.2, 0.25) is 0 Å². The highest BCUT2D eigenvalue weighted by atomic mass is 31.0. The zero-order valence-corrected chi connectivity index (χ0v) is 14.2. The predicted octanol–water partition coefficient (Wildman–Crippen LogP) is 2.48. The normalized spacial score (nSPS) is 26.1. The second-order valence-electron chi connectivity index (χ2n) is 6.26. The lowest BCUT2D eigenvalue weighted by Gasteiger charge is -2.47. The Morgan fingerprint density at radius 2 is 2.17 bits per heavy atom. The molecule has 1 N–H and O–H groups in total. The highest BCUT2D eigenvalue weighted by Gasteiger charge is 2.52. The molecule has 0 saturated carbocycles. The minimum atomic E-state index is -0.863. The van der Waals surface area contributed by atoms with Gasteiger partial charge in [-0.25, -0.2) is 4.98 Å². The summed E-state index contributed by atoms with van der Waals surface area (Å²) >= 11 is 0. The summed E-state index contributed by atoms with van der Waals surface area (Å²) < 4.78 is 0. The Morgan fingerprint density at radius 3 is 2.78 bits per heavy atom. The van der Waals surface area contributed by atoms with Crippen LogP contribution in [0.3, 0.4) is 0 Å². The highest BCUT2D eigenvalue weighted by molar-refractivity contribution is 7.22. The van der Waals surface area contributed by atoms with Crippen molar-refractivity contribution in [3.63, 3.8) is 0 Å². The molecule has 2 aliphatic rings. The lowest BCUT2D eigenvalue weighted by molar-refractivity contribution is -0.121. The van der Waals surface area contributed by atoms with Crippen LogP contribution in [0.4, 0.5) is 5.82 Å². The molecule has 5 nitrogen and oxygen atoms in total. The smallest absolute Gasteiger partial charge is 0.182 e. The molecular weight excluding hydrogens is 307 g/mol. The van der Waals surface area contributed by atoms with Crippen molar-refractivity contribution < 1.29 is 4.79 Å². The third-order valence-electron chi connectivity index (χ3n) is 4.49. The largest absolute Gasteiger partial charge is 0.310 e. The van der Waals surface area contributed by atoms with Gasteiger partial charge in [0.1, 0.15) is 17.7 Å². The number of amidine groups is 1. The average molecular weight is 324 g/mol. The number of allylic oxidation sites excluding steroid dienone is 1. The zero-order valence-electron chi connectivity index (χ0n) is 13.0. The molecule has 3 rings (SSSR count). The van der Waals surface area contributed by atoms with Crippen LogP contribution in [0.25, 0.3) is 0 Å². The molecule has 0 spiro atoms. The van der Waals surface area contributed by atoms with Crippen molar-refractivity contribution in [3.05, 3.63) is 47.7 Å². The molecule has 0 aromatic carbocycles. The Labute approximate surface area is 137 Å². The van der Waals surface area contributed by atoms with E-state index in [1.54, 1.807) is 17.2 Å². The van der Waals surface area contributed by atoms with Gasteiger partial charge in [0.15, 0.2) is 5.78 Å². The Bertz CT molecular complexity index is 804. The fourth-order valence-corrected chi connectivity index (χ4v) is 4.07. The zero-order chi connectivity index (χ0) is 16.8. The first kappa shape index (κ1) is 15.6. The van der Waals surface area contributed by atoms with Crippen LogP contribution in [0.5, 0.6) is 0 Å². The summed E-state index contributed by atoms with van der Waals surface area (Å²) in [5.74, 6) is 0.784. The lowest BCUT2D eigenvalue weighted by Crippen LogP contribution is -2.55. The van der Waals surface area contributed by atoms with Gasteiger partial charge in [-0.1, -0.05) is 12.1 Å². The van der Waals surface area contributed by atoms with Crippen LogP contribution in [-0.2, 0) is 4.79 Å². The first-order valence-electron chi connectivity index (χ1n) is 7.27. The molecule has 1 aliphatic heterocycles. The number of anilines is 1. The summed E-state index contributed by atoms with van der Waals surface area (Å²) in [7, 11) is 2.66. The molecule has 0 bridgehead atoms. The fourth-order valence-electron chi connectivity index (χ4n) is 3.27. The molecule has 6 heteroatoms. The van der Waals surface area contributed by atoms with Gasteiger partial charge in [0, 0.05) is 12.7 Å². The maximum Gasteiger partial charge on any atom is 0.182 e. The van der Waals surface area contributed by atoms with E-state index >= 15 is 0 Å². The van der Waals surface area contributed by atoms with Crippen molar-refractivity contribution in [1.29, 1.82) is 10.7 Å². The van der Waals surface area contributed by atoms with Crippen molar-refractivity contribution in [2.45, 2.75) is 19.0 Å². The molecule has 1 aromatic heterocycles. The monoisotopic (exact) mass is 324 g/mol. The van der Waals surface area contributed by atoms with Crippen molar-refractivity contribution in [1.82, 2.24) is 4.98 Å². The number of carbonyl (C=O) groups is 1. The summed E-state index contributed by atoms with van der Waals surface area (Å²) in [4.78, 5) is 18.6. The van der Waals surface area contributed by atoms with E-state index in [0.717, 1.165) is 5.57 Å². The number of rotatable bonds is 1. The van der Waals surface area contributed by atoms with Crippen LogP contribution < -0.4 is 4.90 Å². The number of pyridine rings is 1. The van der Waals surface area contributed by atoms with Crippen LogP contribution >= 0.6 is 9.24 Å². The quantitative estimate of drug-likeness (QED) is 0.635. The topological polar surface area (TPSA) is 80.8 Å². The average Bonchev–Trinajstić information content (AvgIpc) is 2.54. The molecule has 0 amide bonds. The summed E-state index contributed by atoms with van der Waals surface area (Å²) in [6, 6.07) is 7.52. The van der Waals surface area contributed by atoms with Crippen molar-refractivity contribution >= 4 is 26.7 Å². The van der Waals surface area contributed by atoms with E-state index in [9.17, 15) is 10.1 Å². The van der Waals surface area contributed by atoms with Gasteiger partial charge in [0.2, 0.25) is 0 Å². The number of ketones is 1. The van der Waals surface area contributed by atoms with Crippen LogP contribution in [0, 0.1) is 22.2 Å². The second-order valence-corrected chi connectivity index (χ2v) is 7.17. The number of nitriles is 1. The van der Waals surface area contributed by atoms with Gasteiger partial charge in [-0.15, -0.1) is 9.24 Å². The summed E-state index contributed by atoms with van der Waals surface area (Å²) in [6.07, 6.45) is 5.25. The molecule has 1 aliphatic carbocycles. The summed E-state index contributed by atoms with van der Waals surface area (Å²) in [6.45, 7) is 4.11. The number of hydrogen-bond donors (Lipinski definition) is 1. The van der Waals surface area contributed by atoms with Crippen LogP contribution in [0.15, 0.2) is 47.7 Å². The predicted molar refractivity (Wildman–Crippen MR) is 92.3 cm³/mol. The van der Waals surface area contributed by atoms with Crippen LogP contribution in [0.1, 0.15) is 13.8 Å². The van der Waals surface area contributed by atoms with E-state index in [4.69, 9.17) is 5.41 Å². The molecular formula is C17H17N4OP. The van der Waals surface area contributed by atoms with Gasteiger partial charge < -0.3 is 4.90 Å². The van der Waals surface area contributed by atoms with E-state index in [1.807, 2.05) is 44.2 Å². The third kappa shape index (κ3) is 2.14. The Morgan fingerprint density at radius 1 is 1.43 bits per heavy atom. The van der Waals surface area contributed by atoms with Gasteiger partial charge in [-0.3, -0.25) is 10.2 Å². The fraction of sp³-hybridized carbons (Fsp3) is 0.294. The van der Waals surface area contributed by atoms with Crippen molar-refractivity contribution in [2.75, 3.05) is 11.4 Å². The van der Waals surface area contributed by atoms with E-state index in [1.165, 1.54) is 0 Å². The van der Waals surface area contributed by atoms with Gasteiger partial charge in [-0.05, 0) is 37.6 Å². The van der Waals surface area contributed by atoms with Crippen molar-refractivity contribution in [3.8, 4) is 6.07 Å². The molecule has 23 heavy (non-hydrogen) atoms. The summed E-state index contributed by atoms with van der Waals surface area (Å²) in [5.41, 5.74) is 0.148. The van der Waals surface area contributed by atoms with E-state index in [-0.39, 0.29) is 11.4 Å². The standard InChI is InChI=1S/C17H17N4OP/c1-16(2)12-6-8-21(13-5-3-4-7-20-13)15(19)17(12,23)9-11(10-18)14(16)22/h3-7,9,19H,8,23H2,1-2H3/t17-/m0/s1. The van der Waals surface area contributed by atoms with Gasteiger partial charge in [-0.2, -0.15) is 5.26 Å². The van der Waals surface area contributed by atoms with E-state index in [2.05, 4.69) is 14.2 Å². The molecule has 116 valence electrons. The first-order valence-corrected chi connectivity index (χ1v) is 7.85. The minimum Gasteiger partial charge on any atom is -0.310 e. The number of nitrogens with one attached hydrogen (secondary N) is 1. The number of aromatic nitrogens is 1. The number of Topliss-reactive ketones (excluding diaryl/α,β-unsaturated/α-hetero) is 1. The first-order chi connectivity index (χ1) is 10.8. The number of fused-ring (bicyclic) bond motifs is 1. The molecule has 2 heterocycles. The Balaban J connectivity index is 2.17. The molecule has 0 radical (unpaired) electrons. The molecule has 2 atom stereocenters. The molecule has 0 saturated heterocycles. The number of carbonyl (C=O) groups excluding carboxylic acids is 1. The van der Waals surface area contributed by atoms with E-state index < -0.39 is 10.6 Å². The SMILES string of the molecule is CC1(C)C(=O)C(C#N)=C[C@@]2(P)C(=N)N(c3ccccn3)CC=C12. The van der Waals surface area contributed by atoms with Gasteiger partial charge in [0.25, 0.3) is 0 Å². The van der Waals surface area contributed by atoms with Gasteiger partial charge >= 0.3 is 0 Å². The Kier molecular flexibility index (Phi) is 3.46. The Hall–Kier alpha value is -2.31. The third-order valence-corrected chi connectivity index (χ3v) is 5.24. The molecule has 1 unspecified atom stereocenters. The van der Waals surface area contributed by atoms with E-state index in [0.29, 0.717) is 18.2 Å². The van der Waals surface area contributed by atoms with Crippen molar-refractivity contribution in [2.24, 2.45) is 5.41 Å². The summed E-state index contributed by atoms with van der Waals surface area (Å²) in [5, 5.41) is 17.1. The minimum absolute atomic E-state index is 0.106. The second kappa shape index (κ2) is 5.11. The lowest BCUT2D eigenvalue weighted by atomic mass is 9.65. The number of nitrogens with zero attached hydrogens (tertiary/aromatic N) is 3. The highest BCUT2D eigenvalue weighted by Crippen LogP contribution is 2.50. The number of hydrogen-bond acceptors (Lipinski definition) is 4.